The van der Waals surface area contributed by atoms with Crippen LogP contribution in [0.1, 0.15) is 10.4 Å². The maximum Gasteiger partial charge on any atom is 0.264 e. The summed E-state index contributed by atoms with van der Waals surface area (Å²) < 4.78 is 27.8. The Kier molecular flexibility index (Phi) is 4.80. The molecule has 0 spiro atoms. The second-order valence-electron chi connectivity index (χ2n) is 6.41. The average Bonchev–Trinajstić information content (AvgIpc) is 2.66. The van der Waals surface area contributed by atoms with Crippen LogP contribution in [0.5, 0.6) is 0 Å². The molecule has 0 saturated carbocycles. The minimum Gasteiger partial charge on any atom is -0.377 e. The predicted molar refractivity (Wildman–Crippen MR) is 109 cm³/mol. The third-order valence-electron chi connectivity index (χ3n) is 4.47. The van der Waals surface area contributed by atoms with Crippen molar-refractivity contribution in [3.8, 4) is 0 Å². The van der Waals surface area contributed by atoms with Crippen LogP contribution in [0.4, 0.5) is 11.4 Å². The van der Waals surface area contributed by atoms with E-state index in [4.69, 9.17) is 5.73 Å². The molecule has 3 aromatic rings. The molecule has 3 rings (SSSR count). The first-order valence-corrected chi connectivity index (χ1v) is 9.75. The summed E-state index contributed by atoms with van der Waals surface area (Å²) in [7, 11) is 1.45. The summed E-state index contributed by atoms with van der Waals surface area (Å²) in [5.41, 5.74) is 6.86. The molecule has 0 atom stereocenters. The van der Waals surface area contributed by atoms with Crippen LogP contribution in [0, 0.1) is 0 Å². The summed E-state index contributed by atoms with van der Waals surface area (Å²) in [6.07, 6.45) is 0. The Balaban J connectivity index is 2.17. The van der Waals surface area contributed by atoms with Gasteiger partial charge in [-0.25, -0.2) is 8.42 Å². The second kappa shape index (κ2) is 6.92. The van der Waals surface area contributed by atoms with Crippen LogP contribution in [0.2, 0.25) is 0 Å². The first-order chi connectivity index (χ1) is 12.7. The van der Waals surface area contributed by atoms with Crippen molar-refractivity contribution >= 4 is 38.1 Å². The Morgan fingerprint density at radius 1 is 0.889 bits per heavy atom. The number of anilines is 2. The zero-order valence-corrected chi connectivity index (χ0v) is 16.2. The summed E-state index contributed by atoms with van der Waals surface area (Å²) in [6, 6.07) is 17.0. The van der Waals surface area contributed by atoms with Crippen LogP contribution in [-0.2, 0) is 10.0 Å². The van der Waals surface area contributed by atoms with E-state index in [9.17, 15) is 13.2 Å². The highest BCUT2D eigenvalue weighted by atomic mass is 32.2. The van der Waals surface area contributed by atoms with Crippen LogP contribution in [0.25, 0.3) is 10.8 Å². The number of rotatable bonds is 5. The monoisotopic (exact) mass is 383 g/mol. The average molecular weight is 383 g/mol. The molecule has 0 bridgehead atoms. The largest absolute Gasteiger partial charge is 0.377 e. The third kappa shape index (κ3) is 3.33. The molecule has 0 aliphatic rings. The van der Waals surface area contributed by atoms with Crippen LogP contribution in [0.15, 0.2) is 65.6 Å². The Hall–Kier alpha value is -3.06. The second-order valence-corrected chi connectivity index (χ2v) is 8.35. The van der Waals surface area contributed by atoms with Crippen LogP contribution in [-0.4, -0.2) is 35.5 Å². The highest BCUT2D eigenvalue weighted by molar-refractivity contribution is 7.93. The quantitative estimate of drug-likeness (QED) is 0.734. The Bertz CT molecular complexity index is 1120. The zero-order valence-electron chi connectivity index (χ0n) is 15.4. The fourth-order valence-corrected chi connectivity index (χ4v) is 4.41. The fourth-order valence-electron chi connectivity index (χ4n) is 3.02. The van der Waals surface area contributed by atoms with Crippen molar-refractivity contribution in [2.75, 3.05) is 30.3 Å². The molecule has 140 valence electrons. The molecule has 0 aliphatic carbocycles. The van der Waals surface area contributed by atoms with E-state index in [0.717, 1.165) is 15.4 Å². The van der Waals surface area contributed by atoms with Crippen molar-refractivity contribution < 1.29 is 13.2 Å². The zero-order chi connectivity index (χ0) is 19.8. The van der Waals surface area contributed by atoms with Gasteiger partial charge in [0.2, 0.25) is 5.91 Å². The van der Waals surface area contributed by atoms with Gasteiger partial charge in [-0.2, -0.15) is 0 Å². The minimum absolute atomic E-state index is 0.204. The first-order valence-electron chi connectivity index (χ1n) is 8.31. The predicted octanol–water partition coefficient (Wildman–Crippen LogP) is 2.83. The normalized spacial score (nSPS) is 11.4. The molecular weight excluding hydrogens is 362 g/mol. The number of carbonyl (C=O) groups excluding carboxylic acids is 1. The lowest BCUT2D eigenvalue weighted by Gasteiger charge is -2.22. The lowest BCUT2D eigenvalue weighted by atomic mass is 10.1. The molecular formula is C20H21N3O3S. The number of nitrogens with two attached hydrogens (primary N) is 1. The van der Waals surface area contributed by atoms with E-state index in [0.29, 0.717) is 11.1 Å². The molecule has 27 heavy (non-hydrogen) atoms. The van der Waals surface area contributed by atoms with Crippen molar-refractivity contribution in [3.63, 3.8) is 0 Å². The van der Waals surface area contributed by atoms with E-state index in [2.05, 4.69) is 0 Å². The van der Waals surface area contributed by atoms with Gasteiger partial charge in [-0.15, -0.1) is 0 Å². The van der Waals surface area contributed by atoms with E-state index >= 15 is 0 Å². The summed E-state index contributed by atoms with van der Waals surface area (Å²) >= 11 is 0. The van der Waals surface area contributed by atoms with Gasteiger partial charge < -0.3 is 10.6 Å². The summed E-state index contributed by atoms with van der Waals surface area (Å²) in [6.45, 7) is 0. The molecule has 0 aliphatic heterocycles. The lowest BCUT2D eigenvalue weighted by Crippen LogP contribution is -2.27. The fraction of sp³-hybridized carbons (Fsp3) is 0.150. The van der Waals surface area contributed by atoms with Gasteiger partial charge in [0.05, 0.1) is 10.6 Å². The SMILES string of the molecule is CN(C)c1cccc2c(S(=O)(=O)N(C)c3cccc(C(N)=O)c3)cccc12. The van der Waals surface area contributed by atoms with E-state index in [-0.39, 0.29) is 10.5 Å². The van der Waals surface area contributed by atoms with Crippen molar-refractivity contribution in [2.45, 2.75) is 4.90 Å². The molecule has 0 fully saturated rings. The number of benzene rings is 3. The molecule has 2 N–H and O–H groups in total. The Morgan fingerprint density at radius 2 is 1.52 bits per heavy atom. The maximum absolute atomic E-state index is 13.3. The van der Waals surface area contributed by atoms with Crippen molar-refractivity contribution in [3.05, 3.63) is 66.2 Å². The number of hydrogen-bond acceptors (Lipinski definition) is 4. The van der Waals surface area contributed by atoms with E-state index in [1.54, 1.807) is 36.4 Å². The van der Waals surface area contributed by atoms with Crippen LogP contribution < -0.4 is 14.9 Å². The highest BCUT2D eigenvalue weighted by Crippen LogP contribution is 2.32. The third-order valence-corrected chi connectivity index (χ3v) is 6.32. The molecule has 0 unspecified atom stereocenters. The van der Waals surface area contributed by atoms with Gasteiger partial charge in [0.1, 0.15) is 0 Å². The van der Waals surface area contributed by atoms with Crippen LogP contribution in [0.3, 0.4) is 0 Å². The van der Waals surface area contributed by atoms with Crippen molar-refractivity contribution in [2.24, 2.45) is 5.73 Å². The van der Waals surface area contributed by atoms with Gasteiger partial charge >= 0.3 is 0 Å². The van der Waals surface area contributed by atoms with Gasteiger partial charge in [0.25, 0.3) is 10.0 Å². The van der Waals surface area contributed by atoms with Gasteiger partial charge in [-0.1, -0.05) is 30.3 Å². The first kappa shape index (κ1) is 18.7. The van der Waals surface area contributed by atoms with E-state index in [1.165, 1.54) is 13.1 Å². The highest BCUT2D eigenvalue weighted by Gasteiger charge is 2.24. The molecule has 0 saturated heterocycles. The van der Waals surface area contributed by atoms with Crippen molar-refractivity contribution in [1.29, 1.82) is 0 Å². The van der Waals surface area contributed by atoms with E-state index < -0.39 is 15.9 Å². The lowest BCUT2D eigenvalue weighted by molar-refractivity contribution is 0.100. The molecule has 3 aromatic carbocycles. The Morgan fingerprint density at radius 3 is 2.19 bits per heavy atom. The van der Waals surface area contributed by atoms with Gasteiger partial charge in [-0.05, 0) is 30.3 Å². The maximum atomic E-state index is 13.3. The van der Waals surface area contributed by atoms with Crippen molar-refractivity contribution in [1.82, 2.24) is 0 Å². The smallest absolute Gasteiger partial charge is 0.264 e. The summed E-state index contributed by atoms with van der Waals surface area (Å²) in [4.78, 5) is 13.6. The topological polar surface area (TPSA) is 83.7 Å². The molecule has 1 amide bonds. The van der Waals surface area contributed by atoms with Gasteiger partial charge in [0.15, 0.2) is 0 Å². The number of carbonyl (C=O) groups is 1. The summed E-state index contributed by atoms with van der Waals surface area (Å²) in [5, 5.41) is 1.49. The molecule has 0 radical (unpaired) electrons. The molecule has 7 heteroatoms. The van der Waals surface area contributed by atoms with Gasteiger partial charge in [-0.3, -0.25) is 9.10 Å². The minimum atomic E-state index is -3.84. The molecule has 6 nitrogen and oxygen atoms in total. The number of amides is 1. The Labute approximate surface area is 158 Å². The van der Waals surface area contributed by atoms with Gasteiger partial charge in [0, 0.05) is 43.2 Å². The van der Waals surface area contributed by atoms with Crippen LogP contribution >= 0.6 is 0 Å². The molecule has 0 heterocycles. The number of hydrogen-bond donors (Lipinski definition) is 1. The number of fused-ring (bicyclic) bond motifs is 1. The van der Waals surface area contributed by atoms with E-state index in [1.807, 2.05) is 37.2 Å². The summed E-state index contributed by atoms with van der Waals surface area (Å²) in [5.74, 6) is -0.608. The number of nitrogens with zero attached hydrogens (tertiary/aromatic N) is 2. The molecule has 0 aromatic heterocycles. The standard InChI is InChI=1S/C20H21N3O3S/c1-22(2)18-11-5-10-17-16(18)9-6-12-19(17)27(25,26)23(3)15-8-4-7-14(13-15)20(21)24/h4-13H,1-3H3,(H2,21,24). The number of sulfonamides is 1. The number of primary amides is 1.